The maximum atomic E-state index is 5.67. The van der Waals surface area contributed by atoms with E-state index in [1.54, 1.807) is 12.4 Å². The second kappa shape index (κ2) is 6.48. The number of nitrogens with zero attached hydrogens (tertiary/aromatic N) is 2. The molecule has 2 rings (SSSR count). The van der Waals surface area contributed by atoms with Crippen LogP contribution in [-0.4, -0.2) is 16.5 Å². The standard InChI is InChI=1S/C16H21N3O/c1-11(2)15-5-4-14(8-12(15)3)20-16-18-9-13(6-7-17)10-19-16/h4-5,8-11H,6-7,17H2,1-3H3. The number of aromatic nitrogens is 2. The number of rotatable bonds is 5. The molecule has 4 nitrogen and oxygen atoms in total. The first kappa shape index (κ1) is 14.5. The van der Waals surface area contributed by atoms with E-state index in [4.69, 9.17) is 10.5 Å². The van der Waals surface area contributed by atoms with Crippen LogP contribution in [0.3, 0.4) is 0 Å². The first-order chi connectivity index (χ1) is 9.60. The first-order valence-corrected chi connectivity index (χ1v) is 6.89. The summed E-state index contributed by atoms with van der Waals surface area (Å²) in [5.74, 6) is 1.27. The van der Waals surface area contributed by atoms with Crippen LogP contribution >= 0.6 is 0 Å². The summed E-state index contributed by atoms with van der Waals surface area (Å²) in [4.78, 5) is 8.38. The van der Waals surface area contributed by atoms with Gasteiger partial charge in [-0.15, -0.1) is 0 Å². The van der Waals surface area contributed by atoms with E-state index in [9.17, 15) is 0 Å². The van der Waals surface area contributed by atoms with Crippen LogP contribution in [0.25, 0.3) is 0 Å². The van der Waals surface area contributed by atoms with E-state index >= 15 is 0 Å². The monoisotopic (exact) mass is 271 g/mol. The van der Waals surface area contributed by atoms with Crippen LogP contribution in [0.5, 0.6) is 11.8 Å². The van der Waals surface area contributed by atoms with Gasteiger partial charge in [-0.25, -0.2) is 9.97 Å². The van der Waals surface area contributed by atoms with Crippen LogP contribution in [0.1, 0.15) is 36.5 Å². The lowest BCUT2D eigenvalue weighted by Crippen LogP contribution is -2.03. The van der Waals surface area contributed by atoms with E-state index in [1.165, 1.54) is 11.1 Å². The molecule has 0 amide bonds. The van der Waals surface area contributed by atoms with E-state index in [1.807, 2.05) is 12.1 Å². The van der Waals surface area contributed by atoms with Gasteiger partial charge in [0, 0.05) is 12.4 Å². The van der Waals surface area contributed by atoms with Crippen LogP contribution in [0.4, 0.5) is 0 Å². The summed E-state index contributed by atoms with van der Waals surface area (Å²) in [5.41, 5.74) is 9.06. The third-order valence-corrected chi connectivity index (χ3v) is 3.19. The van der Waals surface area contributed by atoms with E-state index in [0.29, 0.717) is 18.5 Å². The van der Waals surface area contributed by atoms with Gasteiger partial charge in [-0.05, 0) is 54.6 Å². The Labute approximate surface area is 120 Å². The Balaban J connectivity index is 2.11. The topological polar surface area (TPSA) is 61.0 Å². The summed E-state index contributed by atoms with van der Waals surface area (Å²) in [6.07, 6.45) is 4.29. The molecule has 0 bridgehead atoms. The highest BCUT2D eigenvalue weighted by molar-refractivity contribution is 5.37. The molecule has 1 heterocycles. The van der Waals surface area contributed by atoms with Crippen molar-refractivity contribution in [1.29, 1.82) is 0 Å². The zero-order valence-electron chi connectivity index (χ0n) is 12.3. The van der Waals surface area contributed by atoms with Crippen molar-refractivity contribution in [2.45, 2.75) is 33.1 Å². The fraction of sp³-hybridized carbons (Fsp3) is 0.375. The number of nitrogens with two attached hydrogens (primary N) is 1. The van der Waals surface area contributed by atoms with E-state index in [2.05, 4.69) is 36.8 Å². The molecular weight excluding hydrogens is 250 g/mol. The molecule has 0 unspecified atom stereocenters. The predicted octanol–water partition coefficient (Wildman–Crippen LogP) is 3.20. The zero-order chi connectivity index (χ0) is 14.5. The molecule has 0 aliphatic heterocycles. The molecule has 0 atom stereocenters. The minimum Gasteiger partial charge on any atom is -0.424 e. The minimum absolute atomic E-state index is 0.363. The fourth-order valence-corrected chi connectivity index (χ4v) is 2.16. The number of aryl methyl sites for hydroxylation is 1. The van der Waals surface area contributed by atoms with E-state index in [-0.39, 0.29) is 0 Å². The fourth-order valence-electron chi connectivity index (χ4n) is 2.16. The van der Waals surface area contributed by atoms with Crippen LogP contribution < -0.4 is 10.5 Å². The van der Waals surface area contributed by atoms with Crippen molar-refractivity contribution in [2.75, 3.05) is 6.54 Å². The van der Waals surface area contributed by atoms with Crippen molar-refractivity contribution in [3.63, 3.8) is 0 Å². The predicted molar refractivity (Wildman–Crippen MR) is 80.1 cm³/mol. The van der Waals surface area contributed by atoms with E-state index < -0.39 is 0 Å². The third-order valence-electron chi connectivity index (χ3n) is 3.19. The molecule has 2 N–H and O–H groups in total. The molecule has 4 heteroatoms. The molecular formula is C16H21N3O. The normalized spacial score (nSPS) is 10.8. The zero-order valence-corrected chi connectivity index (χ0v) is 12.3. The summed E-state index contributed by atoms with van der Waals surface area (Å²) >= 11 is 0. The van der Waals surface area contributed by atoms with Gasteiger partial charge in [0.05, 0.1) is 0 Å². The summed E-state index contributed by atoms with van der Waals surface area (Å²) in [7, 11) is 0. The Morgan fingerprint density at radius 3 is 2.45 bits per heavy atom. The Bertz CT molecular complexity index is 564. The highest BCUT2D eigenvalue weighted by Crippen LogP contribution is 2.25. The number of ether oxygens (including phenoxy) is 1. The summed E-state index contributed by atoms with van der Waals surface area (Å²) in [6.45, 7) is 7.05. The molecule has 20 heavy (non-hydrogen) atoms. The average molecular weight is 271 g/mol. The molecule has 0 aliphatic carbocycles. The maximum Gasteiger partial charge on any atom is 0.321 e. The van der Waals surface area contributed by atoms with Gasteiger partial charge in [0.25, 0.3) is 0 Å². The smallest absolute Gasteiger partial charge is 0.321 e. The molecule has 0 aliphatic rings. The lowest BCUT2D eigenvalue weighted by atomic mass is 9.98. The minimum atomic E-state index is 0.363. The van der Waals surface area contributed by atoms with Gasteiger partial charge in [-0.1, -0.05) is 19.9 Å². The van der Waals surface area contributed by atoms with Gasteiger partial charge in [-0.3, -0.25) is 0 Å². The molecule has 106 valence electrons. The van der Waals surface area contributed by atoms with Gasteiger partial charge in [0.1, 0.15) is 5.75 Å². The van der Waals surface area contributed by atoms with Crippen molar-refractivity contribution in [2.24, 2.45) is 5.73 Å². The Kier molecular flexibility index (Phi) is 4.69. The van der Waals surface area contributed by atoms with Crippen LogP contribution in [0.2, 0.25) is 0 Å². The van der Waals surface area contributed by atoms with Crippen molar-refractivity contribution in [1.82, 2.24) is 9.97 Å². The molecule has 0 fully saturated rings. The summed E-state index contributed by atoms with van der Waals surface area (Å²) in [6, 6.07) is 6.44. The Hall–Kier alpha value is -1.94. The highest BCUT2D eigenvalue weighted by Gasteiger charge is 2.06. The molecule has 0 saturated heterocycles. The van der Waals surface area contributed by atoms with Gasteiger partial charge < -0.3 is 10.5 Å². The van der Waals surface area contributed by atoms with Gasteiger partial charge in [0.15, 0.2) is 0 Å². The van der Waals surface area contributed by atoms with Crippen LogP contribution in [-0.2, 0) is 6.42 Å². The van der Waals surface area contributed by atoms with Crippen LogP contribution in [0, 0.1) is 6.92 Å². The molecule has 0 saturated carbocycles. The third kappa shape index (κ3) is 3.54. The summed E-state index contributed by atoms with van der Waals surface area (Å²) < 4.78 is 5.67. The molecule has 0 spiro atoms. The second-order valence-corrected chi connectivity index (χ2v) is 5.19. The van der Waals surface area contributed by atoms with Gasteiger partial charge >= 0.3 is 6.01 Å². The van der Waals surface area contributed by atoms with E-state index in [0.717, 1.165) is 17.7 Å². The van der Waals surface area contributed by atoms with Crippen molar-refractivity contribution in [3.8, 4) is 11.8 Å². The molecule has 0 radical (unpaired) electrons. The SMILES string of the molecule is Cc1cc(Oc2ncc(CCN)cn2)ccc1C(C)C. The lowest BCUT2D eigenvalue weighted by molar-refractivity contribution is 0.440. The second-order valence-electron chi connectivity index (χ2n) is 5.19. The average Bonchev–Trinajstić information content (AvgIpc) is 2.41. The van der Waals surface area contributed by atoms with Crippen molar-refractivity contribution < 1.29 is 4.74 Å². The van der Waals surface area contributed by atoms with Crippen molar-refractivity contribution in [3.05, 3.63) is 47.3 Å². The highest BCUT2D eigenvalue weighted by atomic mass is 16.5. The number of benzene rings is 1. The molecule has 1 aromatic carbocycles. The maximum absolute atomic E-state index is 5.67. The number of hydrogen-bond donors (Lipinski definition) is 1. The largest absolute Gasteiger partial charge is 0.424 e. The van der Waals surface area contributed by atoms with Gasteiger partial charge in [-0.2, -0.15) is 0 Å². The Morgan fingerprint density at radius 2 is 1.90 bits per heavy atom. The quantitative estimate of drug-likeness (QED) is 0.907. The molecule has 2 aromatic rings. The van der Waals surface area contributed by atoms with Crippen molar-refractivity contribution >= 4 is 0 Å². The first-order valence-electron chi connectivity index (χ1n) is 6.89. The Morgan fingerprint density at radius 1 is 1.20 bits per heavy atom. The number of hydrogen-bond acceptors (Lipinski definition) is 4. The summed E-state index contributed by atoms with van der Waals surface area (Å²) in [5, 5.41) is 0. The van der Waals surface area contributed by atoms with Crippen LogP contribution in [0.15, 0.2) is 30.6 Å². The van der Waals surface area contributed by atoms with Gasteiger partial charge in [0.2, 0.25) is 0 Å². The molecule has 1 aromatic heterocycles. The lowest BCUT2D eigenvalue weighted by Gasteiger charge is -2.11.